The van der Waals surface area contributed by atoms with Gasteiger partial charge in [-0.05, 0) is 18.2 Å². The Bertz CT molecular complexity index is 817. The van der Waals surface area contributed by atoms with Gasteiger partial charge in [0.2, 0.25) is 11.9 Å². The highest BCUT2D eigenvalue weighted by atomic mass is 19.1. The molecule has 138 valence electrons. The van der Waals surface area contributed by atoms with E-state index in [0.717, 1.165) is 12.4 Å². The van der Waals surface area contributed by atoms with Gasteiger partial charge < -0.3 is 21.1 Å². The molecule has 0 radical (unpaired) electrons. The third kappa shape index (κ3) is 3.35. The molecule has 1 aliphatic rings. The molecule has 1 aromatic carbocycles. The van der Waals surface area contributed by atoms with E-state index in [9.17, 15) is 18.7 Å². The lowest BCUT2D eigenvalue weighted by Crippen LogP contribution is -2.46. The third-order valence-corrected chi connectivity index (χ3v) is 4.52. The molecule has 1 amide bonds. The van der Waals surface area contributed by atoms with Gasteiger partial charge in [0.1, 0.15) is 5.82 Å². The van der Waals surface area contributed by atoms with Crippen LogP contribution in [0.25, 0.3) is 0 Å². The average molecular weight is 363 g/mol. The number of halogens is 2. The normalized spacial score (nSPS) is 22.5. The summed E-state index contributed by atoms with van der Waals surface area (Å²) in [7, 11) is 0. The van der Waals surface area contributed by atoms with Crippen LogP contribution in [-0.2, 0) is 10.3 Å². The molecule has 0 aliphatic carbocycles. The van der Waals surface area contributed by atoms with E-state index in [-0.39, 0.29) is 37.1 Å². The fourth-order valence-corrected chi connectivity index (χ4v) is 3.25. The van der Waals surface area contributed by atoms with Crippen LogP contribution in [0.15, 0.2) is 30.6 Å². The van der Waals surface area contributed by atoms with Crippen molar-refractivity contribution in [2.24, 2.45) is 11.7 Å². The van der Waals surface area contributed by atoms with Gasteiger partial charge in [-0.2, -0.15) is 0 Å². The third-order valence-electron chi connectivity index (χ3n) is 4.52. The zero-order valence-corrected chi connectivity index (χ0v) is 14.1. The van der Waals surface area contributed by atoms with Crippen LogP contribution in [0.2, 0.25) is 0 Å². The maximum Gasteiger partial charge on any atom is 0.225 e. The number of aromatic nitrogens is 2. The second-order valence-corrected chi connectivity index (χ2v) is 6.38. The van der Waals surface area contributed by atoms with Gasteiger partial charge in [-0.3, -0.25) is 4.79 Å². The lowest BCUT2D eigenvalue weighted by atomic mass is 9.81. The average Bonchev–Trinajstić information content (AvgIpc) is 2.94. The summed E-state index contributed by atoms with van der Waals surface area (Å²) in [5.74, 6) is -1.66. The van der Waals surface area contributed by atoms with Gasteiger partial charge >= 0.3 is 0 Å². The highest BCUT2D eigenvalue weighted by Gasteiger charge is 2.47. The van der Waals surface area contributed by atoms with Crippen LogP contribution in [0.1, 0.15) is 12.5 Å². The highest BCUT2D eigenvalue weighted by molar-refractivity contribution is 5.88. The number of nitrogens with one attached hydrogen (secondary N) is 1. The van der Waals surface area contributed by atoms with Crippen molar-refractivity contribution in [3.8, 4) is 0 Å². The number of rotatable bonds is 4. The topological polar surface area (TPSA) is 104 Å². The van der Waals surface area contributed by atoms with Crippen molar-refractivity contribution in [2.45, 2.75) is 12.5 Å². The number of benzene rings is 1. The summed E-state index contributed by atoms with van der Waals surface area (Å²) >= 11 is 0. The Morgan fingerprint density at radius 3 is 2.73 bits per heavy atom. The molecule has 1 saturated heterocycles. The quantitative estimate of drug-likeness (QED) is 0.749. The molecule has 3 rings (SSSR count). The minimum atomic E-state index is -1.23. The number of aliphatic hydroxyl groups excluding tert-OH is 1. The molecule has 26 heavy (non-hydrogen) atoms. The van der Waals surface area contributed by atoms with Crippen LogP contribution < -0.4 is 16.0 Å². The first-order valence-electron chi connectivity index (χ1n) is 8.03. The van der Waals surface area contributed by atoms with Gasteiger partial charge in [0, 0.05) is 43.8 Å². The Kier molecular flexibility index (Phi) is 4.84. The molecular weight excluding hydrogens is 344 g/mol. The molecule has 9 heteroatoms. The maximum atomic E-state index is 14.5. The molecule has 0 bridgehead atoms. The Morgan fingerprint density at radius 2 is 2.12 bits per heavy atom. The SMILES string of the molecule is CC(=O)Nc1ccc(F)c(C2(N)CN(c3ncc(F)cn3)CC2CO)c1. The zero-order chi connectivity index (χ0) is 18.9. The maximum absolute atomic E-state index is 14.5. The van der Waals surface area contributed by atoms with Gasteiger partial charge in [-0.1, -0.05) is 0 Å². The van der Waals surface area contributed by atoms with Crippen LogP contribution >= 0.6 is 0 Å². The Hall–Kier alpha value is -2.65. The molecule has 2 unspecified atom stereocenters. The summed E-state index contributed by atoms with van der Waals surface area (Å²) in [6.07, 6.45) is 2.07. The van der Waals surface area contributed by atoms with Crippen LogP contribution in [0.3, 0.4) is 0 Å². The van der Waals surface area contributed by atoms with Crippen LogP contribution in [0, 0.1) is 17.6 Å². The van der Waals surface area contributed by atoms with E-state index in [1.54, 1.807) is 4.90 Å². The summed E-state index contributed by atoms with van der Waals surface area (Å²) < 4.78 is 27.6. The Morgan fingerprint density at radius 1 is 1.42 bits per heavy atom. The number of hydrogen-bond donors (Lipinski definition) is 3. The van der Waals surface area contributed by atoms with E-state index in [0.29, 0.717) is 5.69 Å². The smallest absolute Gasteiger partial charge is 0.225 e. The van der Waals surface area contributed by atoms with E-state index < -0.39 is 23.1 Å². The number of carbonyl (C=O) groups is 1. The van der Waals surface area contributed by atoms with Gasteiger partial charge in [0.15, 0.2) is 5.82 Å². The number of hydrogen-bond acceptors (Lipinski definition) is 6. The fourth-order valence-electron chi connectivity index (χ4n) is 3.25. The van der Waals surface area contributed by atoms with E-state index in [4.69, 9.17) is 5.73 Å². The molecule has 1 aromatic heterocycles. The van der Waals surface area contributed by atoms with Gasteiger partial charge in [0.25, 0.3) is 0 Å². The van der Waals surface area contributed by atoms with Gasteiger partial charge in [-0.25, -0.2) is 18.7 Å². The molecule has 2 atom stereocenters. The second kappa shape index (κ2) is 6.93. The van der Waals surface area contributed by atoms with Crippen molar-refractivity contribution >= 4 is 17.5 Å². The first-order valence-corrected chi connectivity index (χ1v) is 8.03. The van der Waals surface area contributed by atoms with E-state index >= 15 is 0 Å². The lowest BCUT2D eigenvalue weighted by Gasteiger charge is -2.30. The molecule has 1 fully saturated rings. The Labute approximate surface area is 148 Å². The summed E-state index contributed by atoms with van der Waals surface area (Å²) in [5, 5.41) is 12.4. The summed E-state index contributed by atoms with van der Waals surface area (Å²) in [4.78, 5) is 20.8. The van der Waals surface area contributed by atoms with Crippen molar-refractivity contribution in [3.63, 3.8) is 0 Å². The summed E-state index contributed by atoms with van der Waals surface area (Å²) in [5.41, 5.74) is 5.86. The van der Waals surface area contributed by atoms with Gasteiger partial charge in [-0.15, -0.1) is 0 Å². The molecule has 0 saturated carbocycles. The minimum Gasteiger partial charge on any atom is -0.396 e. The van der Waals surface area contributed by atoms with Crippen molar-refractivity contribution in [2.75, 3.05) is 29.9 Å². The summed E-state index contributed by atoms with van der Waals surface area (Å²) in [6.45, 7) is 1.48. The number of amides is 1. The number of nitrogens with two attached hydrogens (primary N) is 1. The van der Waals surface area contributed by atoms with Gasteiger partial charge in [0.05, 0.1) is 17.9 Å². The van der Waals surface area contributed by atoms with Crippen molar-refractivity contribution in [1.29, 1.82) is 0 Å². The molecule has 4 N–H and O–H groups in total. The number of nitrogens with zero attached hydrogens (tertiary/aromatic N) is 3. The van der Waals surface area contributed by atoms with Crippen LogP contribution in [0.4, 0.5) is 20.4 Å². The van der Waals surface area contributed by atoms with Crippen molar-refractivity contribution in [3.05, 3.63) is 47.8 Å². The predicted octanol–water partition coefficient (Wildman–Crippen LogP) is 0.996. The van der Waals surface area contributed by atoms with Crippen LogP contribution in [0.5, 0.6) is 0 Å². The van der Waals surface area contributed by atoms with Crippen molar-refractivity contribution < 1.29 is 18.7 Å². The largest absolute Gasteiger partial charge is 0.396 e. The minimum absolute atomic E-state index is 0.129. The fraction of sp³-hybridized carbons (Fsp3) is 0.353. The van der Waals surface area contributed by atoms with E-state index in [1.807, 2.05) is 0 Å². The van der Waals surface area contributed by atoms with E-state index in [2.05, 4.69) is 15.3 Å². The monoisotopic (exact) mass is 363 g/mol. The lowest BCUT2D eigenvalue weighted by molar-refractivity contribution is -0.114. The number of anilines is 2. The molecule has 2 aromatic rings. The molecule has 7 nitrogen and oxygen atoms in total. The van der Waals surface area contributed by atoms with E-state index in [1.165, 1.54) is 25.1 Å². The molecule has 2 heterocycles. The zero-order valence-electron chi connectivity index (χ0n) is 14.1. The van der Waals surface area contributed by atoms with Crippen molar-refractivity contribution in [1.82, 2.24) is 9.97 Å². The molecule has 1 aliphatic heterocycles. The molecule has 0 spiro atoms. The first kappa shape index (κ1) is 18.2. The number of carbonyl (C=O) groups excluding carboxylic acids is 1. The summed E-state index contributed by atoms with van der Waals surface area (Å²) in [6, 6.07) is 4.13. The predicted molar refractivity (Wildman–Crippen MR) is 91.3 cm³/mol. The number of aliphatic hydroxyl groups is 1. The highest BCUT2D eigenvalue weighted by Crippen LogP contribution is 2.38. The first-order chi connectivity index (χ1) is 12.3. The second-order valence-electron chi connectivity index (χ2n) is 6.38. The molecular formula is C17H19F2N5O2. The Balaban J connectivity index is 1.96. The standard InChI is InChI=1S/C17H19F2N5O2/c1-10(26)23-13-2-3-15(19)14(4-13)17(20)9-24(7-11(17)8-25)16-21-5-12(18)6-22-16/h2-6,11,25H,7-9,20H2,1H3,(H,23,26). The van der Waals surface area contributed by atoms with Crippen LogP contribution in [-0.4, -0.2) is 40.7 Å².